The van der Waals surface area contributed by atoms with Crippen LogP contribution in [-0.2, 0) is 6.42 Å². The van der Waals surface area contributed by atoms with Crippen molar-refractivity contribution in [2.75, 3.05) is 0 Å². The Morgan fingerprint density at radius 2 is 1.95 bits per heavy atom. The highest BCUT2D eigenvalue weighted by molar-refractivity contribution is 5.87. The number of imidazole rings is 1. The first-order valence-corrected chi connectivity index (χ1v) is 6.81. The van der Waals surface area contributed by atoms with Gasteiger partial charge in [-0.25, -0.2) is 4.98 Å². The van der Waals surface area contributed by atoms with Crippen LogP contribution in [0.25, 0.3) is 28.1 Å². The van der Waals surface area contributed by atoms with Crippen molar-refractivity contribution in [2.24, 2.45) is 0 Å². The first-order chi connectivity index (χ1) is 9.86. The lowest BCUT2D eigenvalue weighted by molar-refractivity contribution is 0.625. The number of aromatic nitrogens is 2. The molecule has 0 aliphatic heterocycles. The van der Waals surface area contributed by atoms with Crippen LogP contribution in [0, 0.1) is 0 Å². The van der Waals surface area contributed by atoms with Gasteiger partial charge in [0, 0.05) is 23.3 Å². The zero-order valence-corrected chi connectivity index (χ0v) is 11.2. The number of hydrogen-bond donors (Lipinski definition) is 0. The fourth-order valence-electron chi connectivity index (χ4n) is 2.70. The highest BCUT2D eigenvalue weighted by atomic mass is 16.3. The first kappa shape index (κ1) is 11.3. The van der Waals surface area contributed by atoms with Crippen LogP contribution < -0.4 is 0 Å². The zero-order valence-electron chi connectivity index (χ0n) is 11.2. The molecule has 3 heteroatoms. The summed E-state index contributed by atoms with van der Waals surface area (Å²) in [4.78, 5) is 4.66. The van der Waals surface area contributed by atoms with E-state index in [0.717, 1.165) is 29.1 Å². The lowest BCUT2D eigenvalue weighted by atomic mass is 10.1. The van der Waals surface area contributed by atoms with Crippen molar-refractivity contribution < 1.29 is 4.42 Å². The van der Waals surface area contributed by atoms with Crippen LogP contribution in [-0.4, -0.2) is 9.38 Å². The standard InChI is InChI=1S/C17H14N2O/c1-2-12-13-7-3-4-8-15(13)20-17(12)14-11-19-10-6-5-9-16(19)18-14/h3-11H,2H2,1H3. The Morgan fingerprint density at radius 3 is 2.80 bits per heavy atom. The summed E-state index contributed by atoms with van der Waals surface area (Å²) in [6.07, 6.45) is 4.95. The maximum absolute atomic E-state index is 6.03. The lowest BCUT2D eigenvalue weighted by Gasteiger charge is -1.95. The number of nitrogens with zero attached hydrogens (tertiary/aromatic N) is 2. The molecule has 0 atom stereocenters. The van der Waals surface area contributed by atoms with Crippen LogP contribution >= 0.6 is 0 Å². The van der Waals surface area contributed by atoms with E-state index in [2.05, 4.69) is 18.0 Å². The second-order valence-electron chi connectivity index (χ2n) is 4.85. The third kappa shape index (κ3) is 1.56. The lowest BCUT2D eigenvalue weighted by Crippen LogP contribution is -1.82. The van der Waals surface area contributed by atoms with Crippen molar-refractivity contribution in [3.05, 3.63) is 60.4 Å². The second-order valence-corrected chi connectivity index (χ2v) is 4.85. The van der Waals surface area contributed by atoms with Crippen LogP contribution in [0.3, 0.4) is 0 Å². The van der Waals surface area contributed by atoms with Gasteiger partial charge in [-0.2, -0.15) is 0 Å². The van der Waals surface area contributed by atoms with Gasteiger partial charge in [-0.1, -0.05) is 31.2 Å². The molecule has 4 aromatic rings. The van der Waals surface area contributed by atoms with E-state index in [1.54, 1.807) is 0 Å². The third-order valence-electron chi connectivity index (χ3n) is 3.65. The number of aryl methyl sites for hydroxylation is 1. The highest BCUT2D eigenvalue weighted by Crippen LogP contribution is 2.33. The summed E-state index contributed by atoms with van der Waals surface area (Å²) in [5.41, 5.74) is 3.98. The van der Waals surface area contributed by atoms with Crippen LogP contribution in [0.1, 0.15) is 12.5 Å². The minimum absolute atomic E-state index is 0.886. The molecule has 3 heterocycles. The minimum Gasteiger partial charge on any atom is -0.454 e. The Kier molecular flexibility index (Phi) is 2.39. The number of benzene rings is 1. The van der Waals surface area contributed by atoms with Crippen LogP contribution in [0.4, 0.5) is 0 Å². The predicted molar refractivity (Wildman–Crippen MR) is 79.8 cm³/mol. The van der Waals surface area contributed by atoms with E-state index in [9.17, 15) is 0 Å². The smallest absolute Gasteiger partial charge is 0.158 e. The van der Waals surface area contributed by atoms with Gasteiger partial charge in [0.15, 0.2) is 5.76 Å². The van der Waals surface area contributed by atoms with Crippen LogP contribution in [0.5, 0.6) is 0 Å². The number of hydrogen-bond acceptors (Lipinski definition) is 2. The fraction of sp³-hybridized carbons (Fsp3) is 0.118. The largest absolute Gasteiger partial charge is 0.454 e. The summed E-state index contributed by atoms with van der Waals surface area (Å²) in [7, 11) is 0. The van der Waals surface area contributed by atoms with Crippen molar-refractivity contribution in [3.8, 4) is 11.5 Å². The summed E-state index contributed by atoms with van der Waals surface area (Å²) < 4.78 is 8.05. The quantitative estimate of drug-likeness (QED) is 0.539. The predicted octanol–water partition coefficient (Wildman–Crippen LogP) is 4.31. The van der Waals surface area contributed by atoms with E-state index in [0.29, 0.717) is 0 Å². The summed E-state index contributed by atoms with van der Waals surface area (Å²) in [5.74, 6) is 0.886. The Morgan fingerprint density at radius 1 is 1.10 bits per heavy atom. The molecule has 0 unspecified atom stereocenters. The van der Waals surface area contributed by atoms with Crippen molar-refractivity contribution in [3.63, 3.8) is 0 Å². The molecule has 0 saturated carbocycles. The molecule has 20 heavy (non-hydrogen) atoms. The molecule has 0 N–H and O–H groups in total. The van der Waals surface area contributed by atoms with E-state index >= 15 is 0 Å². The average Bonchev–Trinajstić information content (AvgIpc) is 3.07. The molecule has 3 nitrogen and oxygen atoms in total. The maximum atomic E-state index is 6.03. The molecular formula is C17H14N2O. The molecule has 4 rings (SSSR count). The molecule has 0 aliphatic carbocycles. The van der Waals surface area contributed by atoms with Gasteiger partial charge in [0.05, 0.1) is 0 Å². The Hall–Kier alpha value is -2.55. The minimum atomic E-state index is 0.886. The van der Waals surface area contributed by atoms with Gasteiger partial charge in [0.2, 0.25) is 0 Å². The van der Waals surface area contributed by atoms with Gasteiger partial charge in [-0.05, 0) is 24.6 Å². The summed E-state index contributed by atoms with van der Waals surface area (Å²) >= 11 is 0. The van der Waals surface area contributed by atoms with Crippen LogP contribution in [0.15, 0.2) is 59.3 Å². The molecule has 98 valence electrons. The SMILES string of the molecule is CCc1c(-c2cn3ccccc3n2)oc2ccccc12. The molecule has 3 aromatic heterocycles. The van der Waals surface area contributed by atoms with Gasteiger partial charge >= 0.3 is 0 Å². The number of para-hydroxylation sites is 1. The topological polar surface area (TPSA) is 30.4 Å². The molecule has 0 amide bonds. The van der Waals surface area contributed by atoms with Crippen molar-refractivity contribution in [1.82, 2.24) is 9.38 Å². The molecular weight excluding hydrogens is 248 g/mol. The Bertz CT molecular complexity index is 869. The van der Waals surface area contributed by atoms with E-state index in [-0.39, 0.29) is 0 Å². The molecule has 0 aliphatic rings. The number of rotatable bonds is 2. The molecule has 0 fully saturated rings. The molecule has 0 saturated heterocycles. The van der Waals surface area contributed by atoms with Gasteiger partial charge in [0.25, 0.3) is 0 Å². The van der Waals surface area contributed by atoms with E-state index in [1.807, 2.05) is 53.2 Å². The van der Waals surface area contributed by atoms with Gasteiger partial charge < -0.3 is 8.82 Å². The first-order valence-electron chi connectivity index (χ1n) is 6.81. The number of pyridine rings is 1. The van der Waals surface area contributed by atoms with Crippen molar-refractivity contribution >= 4 is 16.6 Å². The Labute approximate surface area is 116 Å². The van der Waals surface area contributed by atoms with Gasteiger partial charge in [-0.15, -0.1) is 0 Å². The molecule has 0 bridgehead atoms. The van der Waals surface area contributed by atoms with Gasteiger partial charge in [-0.3, -0.25) is 0 Å². The average molecular weight is 262 g/mol. The molecule has 0 radical (unpaired) electrons. The monoisotopic (exact) mass is 262 g/mol. The fourth-order valence-corrected chi connectivity index (χ4v) is 2.70. The van der Waals surface area contributed by atoms with Gasteiger partial charge in [0.1, 0.15) is 16.9 Å². The van der Waals surface area contributed by atoms with Crippen molar-refractivity contribution in [1.29, 1.82) is 0 Å². The number of furan rings is 1. The van der Waals surface area contributed by atoms with Crippen LogP contribution in [0.2, 0.25) is 0 Å². The van der Waals surface area contributed by atoms with E-state index in [1.165, 1.54) is 10.9 Å². The number of fused-ring (bicyclic) bond motifs is 2. The molecule has 0 spiro atoms. The van der Waals surface area contributed by atoms with E-state index < -0.39 is 0 Å². The molecule has 1 aromatic carbocycles. The maximum Gasteiger partial charge on any atom is 0.158 e. The Balaban J connectivity index is 2.01. The summed E-state index contributed by atoms with van der Waals surface area (Å²) in [6.45, 7) is 2.15. The summed E-state index contributed by atoms with van der Waals surface area (Å²) in [5, 5.41) is 1.18. The summed E-state index contributed by atoms with van der Waals surface area (Å²) in [6, 6.07) is 14.1. The van der Waals surface area contributed by atoms with Crippen molar-refractivity contribution in [2.45, 2.75) is 13.3 Å². The second kappa shape index (κ2) is 4.23. The third-order valence-corrected chi connectivity index (χ3v) is 3.65. The highest BCUT2D eigenvalue weighted by Gasteiger charge is 2.16. The normalized spacial score (nSPS) is 11.4. The van der Waals surface area contributed by atoms with E-state index in [4.69, 9.17) is 4.42 Å². The zero-order chi connectivity index (χ0) is 13.5.